The number of methoxy groups -OCH3 is 1. The molecule has 0 unspecified atom stereocenters. The number of nitrogens with one attached hydrogen (secondary N) is 1. The van der Waals surface area contributed by atoms with Gasteiger partial charge in [-0.1, -0.05) is 13.8 Å². The summed E-state index contributed by atoms with van der Waals surface area (Å²) in [6, 6.07) is 7.94. The molecule has 3 aromatic rings. The highest BCUT2D eigenvalue weighted by molar-refractivity contribution is 6.03. The van der Waals surface area contributed by atoms with Crippen LogP contribution in [0.15, 0.2) is 36.8 Å². The molecule has 0 saturated carbocycles. The molecule has 1 amide bonds. The minimum Gasteiger partial charge on any atom is -0.492 e. The van der Waals surface area contributed by atoms with Gasteiger partial charge in [0.15, 0.2) is 0 Å². The fraction of sp³-hybridized carbons (Fsp3) is 0.444. The van der Waals surface area contributed by atoms with Gasteiger partial charge in [-0.3, -0.25) is 9.59 Å². The van der Waals surface area contributed by atoms with E-state index < -0.39 is 11.4 Å². The van der Waals surface area contributed by atoms with E-state index in [1.54, 1.807) is 16.9 Å². The van der Waals surface area contributed by atoms with Gasteiger partial charge >= 0.3 is 5.97 Å². The van der Waals surface area contributed by atoms with Crippen LogP contribution >= 0.6 is 0 Å². The van der Waals surface area contributed by atoms with Crippen molar-refractivity contribution in [1.29, 1.82) is 5.26 Å². The fourth-order valence-corrected chi connectivity index (χ4v) is 4.68. The first-order valence-electron chi connectivity index (χ1n) is 12.4. The number of piperidine rings is 1. The van der Waals surface area contributed by atoms with Gasteiger partial charge in [0, 0.05) is 37.0 Å². The number of rotatable bonds is 8. The standard InChI is InChI=1S/C27H32N6O4/c1-5-37-21-12-22(24-20(13-28)16-31-33(24)17-21)19-6-7-23(29-15-19)32-10-8-27(9-11-32,26(35)36-4)25(34)30-14-18(2)3/h6-7,12,15-18H,5,8-11,14H2,1-4H3,(H,30,34). The highest BCUT2D eigenvalue weighted by atomic mass is 16.5. The third-order valence-electron chi connectivity index (χ3n) is 6.70. The van der Waals surface area contributed by atoms with Crippen LogP contribution in [0.3, 0.4) is 0 Å². The summed E-state index contributed by atoms with van der Waals surface area (Å²) in [6.07, 6.45) is 5.72. The second kappa shape index (κ2) is 10.9. The van der Waals surface area contributed by atoms with Crippen molar-refractivity contribution in [3.05, 3.63) is 42.4 Å². The molecule has 10 heteroatoms. The maximum atomic E-state index is 13.0. The van der Waals surface area contributed by atoms with Crippen molar-refractivity contribution in [3.8, 4) is 22.9 Å². The molecule has 1 fully saturated rings. The molecule has 1 saturated heterocycles. The lowest BCUT2D eigenvalue weighted by molar-refractivity contribution is -0.160. The normalized spacial score (nSPS) is 14.9. The van der Waals surface area contributed by atoms with E-state index in [9.17, 15) is 14.9 Å². The molecule has 0 bridgehead atoms. The molecule has 1 aliphatic rings. The van der Waals surface area contributed by atoms with Gasteiger partial charge < -0.3 is 19.7 Å². The molecule has 4 rings (SSSR count). The van der Waals surface area contributed by atoms with Crippen LogP contribution in [0.2, 0.25) is 0 Å². The molecule has 0 atom stereocenters. The number of ether oxygens (including phenoxy) is 2. The van der Waals surface area contributed by atoms with E-state index in [0.717, 1.165) is 16.9 Å². The summed E-state index contributed by atoms with van der Waals surface area (Å²) in [5, 5.41) is 16.8. The number of nitrogens with zero attached hydrogens (tertiary/aromatic N) is 5. The number of fused-ring (bicyclic) bond motifs is 1. The molecule has 0 spiro atoms. The van der Waals surface area contributed by atoms with Crippen LogP contribution in [0.1, 0.15) is 39.2 Å². The maximum absolute atomic E-state index is 13.0. The van der Waals surface area contributed by atoms with Gasteiger partial charge in [-0.25, -0.2) is 9.50 Å². The molecule has 0 aliphatic carbocycles. The number of nitriles is 1. The molecule has 1 aliphatic heterocycles. The summed E-state index contributed by atoms with van der Waals surface area (Å²) in [7, 11) is 1.32. The number of anilines is 1. The first-order chi connectivity index (χ1) is 17.8. The molecule has 4 heterocycles. The molecule has 0 radical (unpaired) electrons. The van der Waals surface area contributed by atoms with E-state index in [0.29, 0.717) is 55.9 Å². The van der Waals surface area contributed by atoms with Crippen LogP contribution in [0.4, 0.5) is 5.82 Å². The zero-order valence-electron chi connectivity index (χ0n) is 21.7. The van der Waals surface area contributed by atoms with Gasteiger partial charge in [-0.05, 0) is 43.9 Å². The summed E-state index contributed by atoms with van der Waals surface area (Å²) in [5.74, 6) is 0.902. The first-order valence-corrected chi connectivity index (χ1v) is 12.4. The highest BCUT2D eigenvalue weighted by Gasteiger charge is 2.49. The average Bonchev–Trinajstić information content (AvgIpc) is 3.34. The number of esters is 1. The Morgan fingerprint density at radius 3 is 2.59 bits per heavy atom. The molecule has 1 N–H and O–H groups in total. The SMILES string of the molecule is CCOc1cc(-c2ccc(N3CCC(C(=O)NCC(C)C)(C(=O)OC)CC3)nc2)c2c(C#N)cnn2c1. The number of aromatic nitrogens is 3. The Morgan fingerprint density at radius 2 is 2.00 bits per heavy atom. The van der Waals surface area contributed by atoms with Crippen molar-refractivity contribution in [1.82, 2.24) is 19.9 Å². The summed E-state index contributed by atoms with van der Waals surface area (Å²) in [4.78, 5) is 32.4. The lowest BCUT2D eigenvalue weighted by Crippen LogP contribution is -2.54. The van der Waals surface area contributed by atoms with Crippen LogP contribution < -0.4 is 15.0 Å². The number of carbonyl (C=O) groups is 2. The quantitative estimate of drug-likeness (QED) is 0.367. The molecule has 3 aromatic heterocycles. The minimum atomic E-state index is -1.19. The molecular weight excluding hydrogens is 472 g/mol. The number of hydrogen-bond donors (Lipinski definition) is 1. The minimum absolute atomic E-state index is 0.275. The van der Waals surface area contributed by atoms with E-state index in [-0.39, 0.29) is 11.8 Å². The maximum Gasteiger partial charge on any atom is 0.321 e. The number of carbonyl (C=O) groups excluding carboxylic acids is 2. The number of amides is 1. The molecule has 37 heavy (non-hydrogen) atoms. The van der Waals surface area contributed by atoms with E-state index in [1.807, 2.05) is 39.0 Å². The third kappa shape index (κ3) is 5.07. The van der Waals surface area contributed by atoms with Gasteiger partial charge in [-0.2, -0.15) is 10.4 Å². The summed E-state index contributed by atoms with van der Waals surface area (Å²) in [5.41, 5.74) is 1.58. The van der Waals surface area contributed by atoms with Gasteiger partial charge in [0.2, 0.25) is 5.91 Å². The number of pyridine rings is 2. The van der Waals surface area contributed by atoms with Gasteiger partial charge in [0.1, 0.15) is 23.1 Å². The van der Waals surface area contributed by atoms with Crippen LogP contribution in [0.25, 0.3) is 16.6 Å². The monoisotopic (exact) mass is 504 g/mol. The van der Waals surface area contributed by atoms with E-state index in [1.165, 1.54) is 13.3 Å². The largest absolute Gasteiger partial charge is 0.492 e. The Kier molecular flexibility index (Phi) is 7.62. The van der Waals surface area contributed by atoms with Crippen molar-refractivity contribution in [3.63, 3.8) is 0 Å². The van der Waals surface area contributed by atoms with Gasteiger partial charge in [0.25, 0.3) is 0 Å². The van der Waals surface area contributed by atoms with Crippen LogP contribution in [-0.4, -0.2) is 59.8 Å². The third-order valence-corrected chi connectivity index (χ3v) is 6.70. The van der Waals surface area contributed by atoms with Crippen LogP contribution in [-0.2, 0) is 14.3 Å². The Balaban J connectivity index is 1.56. The highest BCUT2D eigenvalue weighted by Crippen LogP contribution is 2.36. The molecule has 10 nitrogen and oxygen atoms in total. The Bertz CT molecular complexity index is 1320. The van der Waals surface area contributed by atoms with Crippen LogP contribution in [0, 0.1) is 22.7 Å². The predicted molar refractivity (Wildman–Crippen MR) is 138 cm³/mol. The average molecular weight is 505 g/mol. The van der Waals surface area contributed by atoms with Gasteiger partial charge in [-0.15, -0.1) is 0 Å². The van der Waals surface area contributed by atoms with Crippen molar-refractivity contribution < 1.29 is 19.1 Å². The van der Waals surface area contributed by atoms with Crippen molar-refractivity contribution in [2.75, 3.05) is 38.3 Å². The Morgan fingerprint density at radius 1 is 1.24 bits per heavy atom. The predicted octanol–water partition coefficient (Wildman–Crippen LogP) is 3.20. The summed E-state index contributed by atoms with van der Waals surface area (Å²) in [6.45, 7) is 7.92. The van der Waals surface area contributed by atoms with E-state index >= 15 is 0 Å². The second-order valence-corrected chi connectivity index (χ2v) is 9.56. The van der Waals surface area contributed by atoms with Gasteiger partial charge in [0.05, 0.1) is 37.2 Å². The second-order valence-electron chi connectivity index (χ2n) is 9.56. The first kappa shape index (κ1) is 25.9. The van der Waals surface area contributed by atoms with E-state index in [4.69, 9.17) is 9.47 Å². The van der Waals surface area contributed by atoms with E-state index in [2.05, 4.69) is 26.4 Å². The van der Waals surface area contributed by atoms with Crippen molar-refractivity contribution >= 4 is 23.2 Å². The fourth-order valence-electron chi connectivity index (χ4n) is 4.68. The van der Waals surface area contributed by atoms with Crippen LogP contribution in [0.5, 0.6) is 5.75 Å². The molecular formula is C27H32N6O4. The molecule has 0 aromatic carbocycles. The molecule has 194 valence electrons. The van der Waals surface area contributed by atoms with Crippen molar-refractivity contribution in [2.45, 2.75) is 33.6 Å². The Labute approximate surface area is 216 Å². The summed E-state index contributed by atoms with van der Waals surface area (Å²) >= 11 is 0. The zero-order chi connectivity index (χ0) is 26.6. The zero-order valence-corrected chi connectivity index (χ0v) is 21.7. The number of hydrogen-bond acceptors (Lipinski definition) is 8. The summed E-state index contributed by atoms with van der Waals surface area (Å²) < 4.78 is 12.4. The van der Waals surface area contributed by atoms with Crippen molar-refractivity contribution in [2.24, 2.45) is 11.3 Å². The smallest absolute Gasteiger partial charge is 0.321 e. The Hall–Kier alpha value is -4.13. The lowest BCUT2D eigenvalue weighted by Gasteiger charge is -2.39. The lowest BCUT2D eigenvalue weighted by atomic mass is 9.77. The topological polar surface area (TPSA) is 122 Å².